The van der Waals surface area contributed by atoms with Gasteiger partial charge in [-0.2, -0.15) is 11.8 Å². The second kappa shape index (κ2) is 7.76. The molecule has 1 fully saturated rings. The third kappa shape index (κ3) is 7.03. The lowest BCUT2D eigenvalue weighted by molar-refractivity contribution is -0.136. The number of amides is 1. The van der Waals surface area contributed by atoms with Gasteiger partial charge in [-0.1, -0.05) is 12.8 Å². The average Bonchev–Trinajstić information content (AvgIpc) is 2.28. The Morgan fingerprint density at radius 2 is 1.95 bits per heavy atom. The standard InChI is InChI=1S/C14H25NO4S/c1-14(2,3)19-13(18)15-10-6-4-5-7-11(10)20-9-8-12(16)17/h10-11H,4-9H2,1-3H3,(H,15,18)(H,16,17)/t10-,11-/m1/s1. The van der Waals surface area contributed by atoms with E-state index in [-0.39, 0.29) is 23.8 Å². The molecule has 0 saturated heterocycles. The molecule has 1 aliphatic rings. The highest BCUT2D eigenvalue weighted by Gasteiger charge is 2.28. The minimum Gasteiger partial charge on any atom is -0.481 e. The van der Waals surface area contributed by atoms with Gasteiger partial charge < -0.3 is 15.2 Å². The van der Waals surface area contributed by atoms with Crippen molar-refractivity contribution < 1.29 is 19.4 Å². The Kier molecular flexibility index (Phi) is 6.65. The normalized spacial score (nSPS) is 23.1. The minimum absolute atomic E-state index is 0.0809. The molecule has 0 aromatic carbocycles. The Morgan fingerprint density at radius 3 is 2.55 bits per heavy atom. The predicted molar refractivity (Wildman–Crippen MR) is 80.1 cm³/mol. The number of thioether (sulfide) groups is 1. The number of nitrogens with one attached hydrogen (secondary N) is 1. The summed E-state index contributed by atoms with van der Waals surface area (Å²) in [5.41, 5.74) is -0.495. The van der Waals surface area contributed by atoms with E-state index in [1.54, 1.807) is 11.8 Å². The van der Waals surface area contributed by atoms with Crippen LogP contribution >= 0.6 is 11.8 Å². The highest BCUT2D eigenvalue weighted by Crippen LogP contribution is 2.29. The van der Waals surface area contributed by atoms with Crippen LogP contribution in [0.4, 0.5) is 4.79 Å². The van der Waals surface area contributed by atoms with Gasteiger partial charge >= 0.3 is 12.1 Å². The van der Waals surface area contributed by atoms with Crippen LogP contribution in [0.1, 0.15) is 52.9 Å². The van der Waals surface area contributed by atoms with E-state index < -0.39 is 11.6 Å². The van der Waals surface area contributed by atoms with Gasteiger partial charge in [-0.25, -0.2) is 4.79 Å². The molecule has 6 heteroatoms. The number of rotatable bonds is 5. The summed E-state index contributed by atoms with van der Waals surface area (Å²) in [7, 11) is 0. The molecule has 0 aromatic heterocycles. The first-order chi connectivity index (χ1) is 9.28. The Balaban J connectivity index is 2.43. The van der Waals surface area contributed by atoms with Crippen LogP contribution in [-0.2, 0) is 9.53 Å². The zero-order chi connectivity index (χ0) is 15.2. The monoisotopic (exact) mass is 303 g/mol. The van der Waals surface area contributed by atoms with Crippen molar-refractivity contribution in [2.75, 3.05) is 5.75 Å². The van der Waals surface area contributed by atoms with Crippen LogP contribution in [0, 0.1) is 0 Å². The molecule has 5 nitrogen and oxygen atoms in total. The Labute approximate surface area is 124 Å². The van der Waals surface area contributed by atoms with Crippen LogP contribution in [0.2, 0.25) is 0 Å². The molecule has 1 rings (SSSR count). The van der Waals surface area contributed by atoms with Crippen molar-refractivity contribution in [2.24, 2.45) is 0 Å². The molecule has 2 atom stereocenters. The van der Waals surface area contributed by atoms with Gasteiger partial charge in [0.15, 0.2) is 0 Å². The number of carboxylic acids is 1. The van der Waals surface area contributed by atoms with E-state index in [9.17, 15) is 9.59 Å². The number of aliphatic carboxylic acids is 1. The molecule has 0 radical (unpaired) electrons. The molecule has 116 valence electrons. The van der Waals surface area contributed by atoms with Crippen molar-refractivity contribution in [1.29, 1.82) is 0 Å². The third-order valence-electron chi connectivity index (χ3n) is 3.05. The maximum atomic E-state index is 11.8. The van der Waals surface area contributed by atoms with E-state index in [4.69, 9.17) is 9.84 Å². The van der Waals surface area contributed by atoms with Crippen LogP contribution in [0.25, 0.3) is 0 Å². The number of hydrogen-bond acceptors (Lipinski definition) is 4. The summed E-state index contributed by atoms with van der Waals surface area (Å²) < 4.78 is 5.28. The van der Waals surface area contributed by atoms with E-state index in [0.29, 0.717) is 5.75 Å². The zero-order valence-corrected chi connectivity index (χ0v) is 13.3. The Morgan fingerprint density at radius 1 is 1.30 bits per heavy atom. The molecule has 0 unspecified atom stereocenters. The number of alkyl carbamates (subject to hydrolysis) is 1. The molecule has 1 saturated carbocycles. The Hall–Kier alpha value is -0.910. The second-order valence-electron chi connectivity index (χ2n) is 6.09. The van der Waals surface area contributed by atoms with Crippen LogP contribution in [0.3, 0.4) is 0 Å². The average molecular weight is 303 g/mol. The maximum absolute atomic E-state index is 11.8. The molecule has 0 spiro atoms. The van der Waals surface area contributed by atoms with Crippen molar-refractivity contribution in [3.8, 4) is 0 Å². The summed E-state index contributed by atoms with van der Waals surface area (Å²) in [5.74, 6) is -0.183. The lowest BCUT2D eigenvalue weighted by atomic mass is 9.95. The van der Waals surface area contributed by atoms with Gasteiger partial charge in [0, 0.05) is 17.0 Å². The largest absolute Gasteiger partial charge is 0.481 e. The number of ether oxygens (including phenoxy) is 1. The molecule has 1 aliphatic carbocycles. The van der Waals surface area contributed by atoms with Crippen molar-refractivity contribution in [1.82, 2.24) is 5.32 Å². The highest BCUT2D eigenvalue weighted by atomic mass is 32.2. The number of hydrogen-bond donors (Lipinski definition) is 2. The number of carbonyl (C=O) groups excluding carboxylic acids is 1. The van der Waals surface area contributed by atoms with E-state index in [1.165, 1.54) is 0 Å². The first-order valence-corrected chi connectivity index (χ1v) is 8.16. The van der Waals surface area contributed by atoms with Gasteiger partial charge in [0.2, 0.25) is 0 Å². The van der Waals surface area contributed by atoms with Crippen molar-refractivity contribution in [3.05, 3.63) is 0 Å². The summed E-state index contributed by atoms with van der Waals surface area (Å²) in [6.07, 6.45) is 3.97. The fourth-order valence-corrected chi connectivity index (χ4v) is 3.58. The molecule has 0 heterocycles. The number of carboxylic acid groups (broad SMARTS) is 1. The molecule has 2 N–H and O–H groups in total. The molecule has 0 bridgehead atoms. The van der Waals surface area contributed by atoms with Crippen molar-refractivity contribution in [2.45, 2.75) is 69.8 Å². The quantitative estimate of drug-likeness (QED) is 0.816. The van der Waals surface area contributed by atoms with E-state index in [0.717, 1.165) is 25.7 Å². The van der Waals surface area contributed by atoms with Gasteiger partial charge in [0.05, 0.1) is 6.42 Å². The van der Waals surface area contributed by atoms with Crippen molar-refractivity contribution >= 4 is 23.8 Å². The smallest absolute Gasteiger partial charge is 0.407 e. The van der Waals surface area contributed by atoms with Crippen molar-refractivity contribution in [3.63, 3.8) is 0 Å². The minimum atomic E-state index is -0.773. The molecule has 0 aliphatic heterocycles. The SMILES string of the molecule is CC(C)(C)OC(=O)N[C@@H]1CCCC[C@H]1SCCC(=O)O. The topological polar surface area (TPSA) is 75.6 Å². The van der Waals surface area contributed by atoms with Crippen LogP contribution < -0.4 is 5.32 Å². The lowest BCUT2D eigenvalue weighted by Crippen LogP contribution is -2.45. The molecular formula is C14H25NO4S. The summed E-state index contributed by atoms with van der Waals surface area (Å²) in [6.45, 7) is 5.52. The number of carbonyl (C=O) groups is 2. The summed E-state index contributed by atoms with van der Waals surface area (Å²) in [4.78, 5) is 22.4. The second-order valence-corrected chi connectivity index (χ2v) is 7.44. The molecular weight excluding hydrogens is 278 g/mol. The fourth-order valence-electron chi connectivity index (χ4n) is 2.22. The van der Waals surface area contributed by atoms with Gasteiger partial charge in [-0.15, -0.1) is 0 Å². The molecule has 20 heavy (non-hydrogen) atoms. The fraction of sp³-hybridized carbons (Fsp3) is 0.857. The first kappa shape index (κ1) is 17.1. The van der Waals surface area contributed by atoms with Crippen LogP contribution in [0.15, 0.2) is 0 Å². The van der Waals surface area contributed by atoms with E-state index >= 15 is 0 Å². The zero-order valence-electron chi connectivity index (χ0n) is 12.5. The molecule has 0 aromatic rings. The summed E-state index contributed by atoms with van der Waals surface area (Å²) in [6, 6.07) is 0.0809. The Bertz CT molecular complexity index is 341. The lowest BCUT2D eigenvalue weighted by Gasteiger charge is -2.32. The van der Waals surface area contributed by atoms with Gasteiger partial charge in [0.1, 0.15) is 5.60 Å². The summed E-state index contributed by atoms with van der Waals surface area (Å²) >= 11 is 1.64. The highest BCUT2D eigenvalue weighted by molar-refractivity contribution is 7.99. The van der Waals surface area contributed by atoms with Gasteiger partial charge in [-0.3, -0.25) is 4.79 Å². The summed E-state index contributed by atoms with van der Waals surface area (Å²) in [5, 5.41) is 11.9. The predicted octanol–water partition coefficient (Wildman–Crippen LogP) is 3.03. The maximum Gasteiger partial charge on any atom is 0.407 e. The van der Waals surface area contributed by atoms with Gasteiger partial charge in [-0.05, 0) is 33.6 Å². The third-order valence-corrected chi connectivity index (χ3v) is 4.48. The van der Waals surface area contributed by atoms with E-state index in [2.05, 4.69) is 5.32 Å². The van der Waals surface area contributed by atoms with Gasteiger partial charge in [0.25, 0.3) is 0 Å². The molecule has 1 amide bonds. The first-order valence-electron chi connectivity index (χ1n) is 7.11. The van der Waals surface area contributed by atoms with Crippen LogP contribution in [0.5, 0.6) is 0 Å². The van der Waals surface area contributed by atoms with Crippen LogP contribution in [-0.4, -0.2) is 39.8 Å². The van der Waals surface area contributed by atoms with E-state index in [1.807, 2.05) is 20.8 Å².